The lowest BCUT2D eigenvalue weighted by molar-refractivity contribution is 0.0677. The van der Waals surface area contributed by atoms with Crippen molar-refractivity contribution < 1.29 is 23.5 Å². The molecule has 0 atom stereocenters. The molecule has 0 saturated heterocycles. The summed E-state index contributed by atoms with van der Waals surface area (Å²) < 4.78 is 26.5. The zero-order chi connectivity index (χ0) is 15.6. The van der Waals surface area contributed by atoms with Crippen molar-refractivity contribution in [2.75, 3.05) is 13.6 Å². The second-order valence-electron chi connectivity index (χ2n) is 5.45. The van der Waals surface area contributed by atoms with Gasteiger partial charge in [-0.1, -0.05) is 12.8 Å². The van der Waals surface area contributed by atoms with Crippen molar-refractivity contribution in [2.24, 2.45) is 5.92 Å². The Balaban J connectivity index is 2.24. The second kappa shape index (κ2) is 6.20. The molecule has 6 heteroatoms. The summed E-state index contributed by atoms with van der Waals surface area (Å²) in [5.41, 5.74) is -0.834. The summed E-state index contributed by atoms with van der Waals surface area (Å²) in [6, 6.07) is 1.21. The Morgan fingerprint density at radius 3 is 2.24 bits per heavy atom. The number of hydrogen-bond donors (Lipinski definition) is 1. The molecule has 0 bridgehead atoms. The minimum atomic E-state index is -1.45. The topological polar surface area (TPSA) is 57.6 Å². The molecule has 0 aromatic heterocycles. The van der Waals surface area contributed by atoms with Gasteiger partial charge in [-0.05, 0) is 30.9 Å². The fourth-order valence-corrected chi connectivity index (χ4v) is 2.77. The first-order valence-corrected chi connectivity index (χ1v) is 6.88. The van der Waals surface area contributed by atoms with Gasteiger partial charge in [0.25, 0.3) is 5.91 Å². The minimum Gasteiger partial charge on any atom is -0.478 e. The van der Waals surface area contributed by atoms with E-state index in [4.69, 9.17) is 5.11 Å². The van der Waals surface area contributed by atoms with Gasteiger partial charge in [-0.3, -0.25) is 4.79 Å². The van der Waals surface area contributed by atoms with Crippen molar-refractivity contribution >= 4 is 11.9 Å². The number of carbonyl (C=O) groups is 2. The number of carboxylic acids is 1. The van der Waals surface area contributed by atoms with Crippen LogP contribution < -0.4 is 0 Å². The van der Waals surface area contributed by atoms with Gasteiger partial charge in [-0.15, -0.1) is 0 Å². The molecule has 1 aliphatic carbocycles. The van der Waals surface area contributed by atoms with Crippen LogP contribution in [0.2, 0.25) is 0 Å². The first kappa shape index (κ1) is 15.4. The number of amides is 1. The summed E-state index contributed by atoms with van der Waals surface area (Å²) >= 11 is 0. The Labute approximate surface area is 121 Å². The van der Waals surface area contributed by atoms with Crippen molar-refractivity contribution in [3.63, 3.8) is 0 Å². The molecule has 1 fully saturated rings. The van der Waals surface area contributed by atoms with Crippen LogP contribution >= 0.6 is 0 Å². The molecule has 0 heterocycles. The number of benzene rings is 1. The molecule has 4 nitrogen and oxygen atoms in total. The molecule has 2 rings (SSSR count). The van der Waals surface area contributed by atoms with Crippen molar-refractivity contribution in [1.82, 2.24) is 4.90 Å². The third-order valence-corrected chi connectivity index (χ3v) is 3.87. The lowest BCUT2D eigenvalue weighted by Gasteiger charge is -2.22. The van der Waals surface area contributed by atoms with Gasteiger partial charge in [-0.2, -0.15) is 0 Å². The summed E-state index contributed by atoms with van der Waals surface area (Å²) in [5.74, 6) is -4.16. The third kappa shape index (κ3) is 3.37. The number of hydrogen-bond acceptors (Lipinski definition) is 2. The predicted octanol–water partition coefficient (Wildman–Crippen LogP) is 2.93. The summed E-state index contributed by atoms with van der Waals surface area (Å²) in [5, 5.41) is 9.04. The zero-order valence-corrected chi connectivity index (χ0v) is 11.7. The van der Waals surface area contributed by atoms with Crippen molar-refractivity contribution in [3.05, 3.63) is 34.9 Å². The molecule has 1 N–H and O–H groups in total. The number of carbonyl (C=O) groups excluding carboxylic acids is 1. The van der Waals surface area contributed by atoms with Gasteiger partial charge in [0, 0.05) is 13.6 Å². The Hall–Kier alpha value is -1.98. The molecule has 0 radical (unpaired) electrons. The molecule has 21 heavy (non-hydrogen) atoms. The van der Waals surface area contributed by atoms with Crippen LogP contribution in [0.3, 0.4) is 0 Å². The molecule has 0 spiro atoms. The highest BCUT2D eigenvalue weighted by molar-refractivity contribution is 6.04. The van der Waals surface area contributed by atoms with Crippen molar-refractivity contribution in [3.8, 4) is 0 Å². The molecule has 0 unspecified atom stereocenters. The van der Waals surface area contributed by atoms with Gasteiger partial charge in [0.2, 0.25) is 0 Å². The van der Waals surface area contributed by atoms with Gasteiger partial charge < -0.3 is 10.0 Å². The van der Waals surface area contributed by atoms with E-state index in [0.717, 1.165) is 25.7 Å². The Kier molecular flexibility index (Phi) is 4.55. The van der Waals surface area contributed by atoms with Gasteiger partial charge in [0.15, 0.2) is 11.6 Å². The highest BCUT2D eigenvalue weighted by atomic mass is 19.2. The van der Waals surface area contributed by atoms with Crippen LogP contribution in [0.1, 0.15) is 46.4 Å². The molecule has 1 aromatic rings. The number of halogens is 2. The SMILES string of the molecule is CN(CC1CCCC1)C(=O)c1cc(F)c(F)cc1C(=O)O. The average Bonchev–Trinajstić information content (AvgIpc) is 2.93. The van der Waals surface area contributed by atoms with E-state index < -0.39 is 29.1 Å². The van der Waals surface area contributed by atoms with E-state index in [1.807, 2.05) is 0 Å². The monoisotopic (exact) mass is 297 g/mol. The smallest absolute Gasteiger partial charge is 0.336 e. The highest BCUT2D eigenvalue weighted by Gasteiger charge is 2.25. The summed E-state index contributed by atoms with van der Waals surface area (Å²) in [4.78, 5) is 24.8. The van der Waals surface area contributed by atoms with Crippen LogP contribution in [0.15, 0.2) is 12.1 Å². The second-order valence-corrected chi connectivity index (χ2v) is 5.45. The van der Waals surface area contributed by atoms with Gasteiger partial charge in [0.1, 0.15) is 0 Å². The average molecular weight is 297 g/mol. The normalized spacial score (nSPS) is 15.2. The largest absolute Gasteiger partial charge is 0.478 e. The third-order valence-electron chi connectivity index (χ3n) is 3.87. The summed E-state index contributed by atoms with van der Waals surface area (Å²) in [6.45, 7) is 0.497. The highest BCUT2D eigenvalue weighted by Crippen LogP contribution is 2.26. The fraction of sp³-hybridized carbons (Fsp3) is 0.467. The maximum atomic E-state index is 13.3. The maximum absolute atomic E-state index is 13.3. The standard InChI is InChI=1S/C15H17F2NO3/c1-18(8-9-4-2-3-5-9)14(19)10-6-12(16)13(17)7-11(10)15(20)21/h6-7,9H,2-5,8H2,1H3,(H,20,21). The van der Waals surface area contributed by atoms with Gasteiger partial charge >= 0.3 is 5.97 Å². The van der Waals surface area contributed by atoms with Crippen LogP contribution in [0, 0.1) is 17.6 Å². The zero-order valence-electron chi connectivity index (χ0n) is 11.7. The number of aromatic carboxylic acids is 1. The molecule has 0 aliphatic heterocycles. The van der Waals surface area contributed by atoms with Gasteiger partial charge in [0.05, 0.1) is 11.1 Å². The van der Waals surface area contributed by atoms with Gasteiger partial charge in [-0.25, -0.2) is 13.6 Å². The molecule has 114 valence electrons. The van der Waals surface area contributed by atoms with E-state index >= 15 is 0 Å². The summed E-state index contributed by atoms with van der Waals surface area (Å²) in [6.07, 6.45) is 4.30. The molecule has 1 saturated carbocycles. The van der Waals surface area contributed by atoms with E-state index in [-0.39, 0.29) is 5.56 Å². The first-order chi connectivity index (χ1) is 9.90. The lowest BCUT2D eigenvalue weighted by atomic mass is 10.0. The lowest BCUT2D eigenvalue weighted by Crippen LogP contribution is -2.32. The Bertz CT molecular complexity index is 568. The number of carboxylic acid groups (broad SMARTS) is 1. The van der Waals surface area contributed by atoms with Crippen LogP contribution in [0.5, 0.6) is 0 Å². The first-order valence-electron chi connectivity index (χ1n) is 6.88. The molecule has 1 aliphatic rings. The van der Waals surface area contributed by atoms with E-state index in [2.05, 4.69) is 0 Å². The molecular weight excluding hydrogens is 280 g/mol. The fourth-order valence-electron chi connectivity index (χ4n) is 2.77. The van der Waals surface area contributed by atoms with E-state index in [9.17, 15) is 18.4 Å². The quantitative estimate of drug-likeness (QED) is 0.929. The van der Waals surface area contributed by atoms with E-state index in [0.29, 0.717) is 24.6 Å². The van der Waals surface area contributed by atoms with Crippen molar-refractivity contribution in [2.45, 2.75) is 25.7 Å². The van der Waals surface area contributed by atoms with Crippen molar-refractivity contribution in [1.29, 1.82) is 0 Å². The summed E-state index contributed by atoms with van der Waals surface area (Å²) in [7, 11) is 1.55. The van der Waals surface area contributed by atoms with Crippen LogP contribution in [-0.2, 0) is 0 Å². The predicted molar refractivity (Wildman–Crippen MR) is 72.2 cm³/mol. The minimum absolute atomic E-state index is 0.318. The maximum Gasteiger partial charge on any atom is 0.336 e. The van der Waals surface area contributed by atoms with Crippen LogP contribution in [0.25, 0.3) is 0 Å². The van der Waals surface area contributed by atoms with E-state index in [1.165, 1.54) is 4.90 Å². The van der Waals surface area contributed by atoms with E-state index in [1.54, 1.807) is 7.05 Å². The molecule has 1 aromatic carbocycles. The molecular formula is C15H17F2NO3. The van der Waals surface area contributed by atoms with Crippen LogP contribution in [-0.4, -0.2) is 35.5 Å². The number of nitrogens with zero attached hydrogens (tertiary/aromatic N) is 1. The Morgan fingerprint density at radius 2 is 1.71 bits per heavy atom. The Morgan fingerprint density at radius 1 is 1.19 bits per heavy atom. The number of rotatable bonds is 4. The van der Waals surface area contributed by atoms with Crippen LogP contribution in [0.4, 0.5) is 8.78 Å². The molecule has 1 amide bonds.